The van der Waals surface area contributed by atoms with Gasteiger partial charge in [0.05, 0.1) is 20.2 Å². The molecule has 0 fully saturated rings. The fourth-order valence-corrected chi connectivity index (χ4v) is 3.66. The van der Waals surface area contributed by atoms with Gasteiger partial charge in [-0.3, -0.25) is 4.79 Å². The van der Waals surface area contributed by atoms with E-state index >= 15 is 0 Å². The first-order valence-corrected chi connectivity index (χ1v) is 7.66. The van der Waals surface area contributed by atoms with Crippen molar-refractivity contribution >= 4 is 56.1 Å². The van der Waals surface area contributed by atoms with Crippen LogP contribution in [0.5, 0.6) is 0 Å². The molecule has 90 valence electrons. The molecule has 2 heterocycles. The third-order valence-corrected chi connectivity index (χ3v) is 4.90. The SMILES string of the molecule is CN(Cc1ccc(Cl)s1)C(=O)c1csc(Br)c1. The zero-order valence-corrected chi connectivity index (χ0v) is 12.9. The van der Waals surface area contributed by atoms with Gasteiger partial charge in [0.15, 0.2) is 0 Å². The summed E-state index contributed by atoms with van der Waals surface area (Å²) < 4.78 is 1.72. The molecule has 0 aliphatic rings. The molecule has 6 heteroatoms. The van der Waals surface area contributed by atoms with E-state index in [4.69, 9.17) is 11.6 Å². The lowest BCUT2D eigenvalue weighted by molar-refractivity contribution is 0.0787. The van der Waals surface area contributed by atoms with Crippen molar-refractivity contribution in [3.8, 4) is 0 Å². The maximum atomic E-state index is 12.1. The third-order valence-electron chi connectivity index (χ3n) is 2.18. The van der Waals surface area contributed by atoms with Crippen LogP contribution in [0.25, 0.3) is 0 Å². The van der Waals surface area contributed by atoms with Crippen LogP contribution in [0, 0.1) is 0 Å². The van der Waals surface area contributed by atoms with Gasteiger partial charge in [0.25, 0.3) is 5.91 Å². The van der Waals surface area contributed by atoms with Gasteiger partial charge in [-0.1, -0.05) is 11.6 Å². The van der Waals surface area contributed by atoms with Crippen LogP contribution in [0.15, 0.2) is 27.4 Å². The molecular formula is C11H9BrClNOS2. The second-order valence-electron chi connectivity index (χ2n) is 3.51. The normalized spacial score (nSPS) is 10.5. The molecular weight excluding hydrogens is 342 g/mol. The maximum Gasteiger partial charge on any atom is 0.254 e. The highest BCUT2D eigenvalue weighted by Gasteiger charge is 2.14. The predicted molar refractivity (Wildman–Crippen MR) is 77.1 cm³/mol. The molecule has 0 bridgehead atoms. The van der Waals surface area contributed by atoms with Crippen molar-refractivity contribution in [2.75, 3.05) is 7.05 Å². The van der Waals surface area contributed by atoms with E-state index in [2.05, 4.69) is 15.9 Å². The molecule has 2 aromatic rings. The topological polar surface area (TPSA) is 20.3 Å². The molecule has 0 aromatic carbocycles. The lowest BCUT2D eigenvalue weighted by Gasteiger charge is -2.15. The second-order valence-corrected chi connectivity index (χ2v) is 7.60. The molecule has 2 nitrogen and oxygen atoms in total. The van der Waals surface area contributed by atoms with E-state index in [1.54, 1.807) is 11.9 Å². The molecule has 0 unspecified atom stereocenters. The van der Waals surface area contributed by atoms with Crippen LogP contribution in [-0.2, 0) is 6.54 Å². The Bertz CT molecular complexity index is 537. The average molecular weight is 351 g/mol. The molecule has 0 saturated heterocycles. The number of nitrogens with zero attached hydrogens (tertiary/aromatic N) is 1. The Morgan fingerprint density at radius 3 is 2.82 bits per heavy atom. The van der Waals surface area contributed by atoms with E-state index in [1.807, 2.05) is 23.6 Å². The van der Waals surface area contributed by atoms with Crippen LogP contribution in [0.1, 0.15) is 15.2 Å². The Balaban J connectivity index is 2.05. The van der Waals surface area contributed by atoms with E-state index in [-0.39, 0.29) is 5.91 Å². The first kappa shape index (κ1) is 13.1. The second kappa shape index (κ2) is 5.52. The standard InChI is InChI=1S/C11H9BrClNOS2/c1-14(5-8-2-3-10(13)17-8)11(15)7-4-9(12)16-6-7/h2-4,6H,5H2,1H3. The Morgan fingerprint density at radius 2 is 2.29 bits per heavy atom. The van der Waals surface area contributed by atoms with Crippen LogP contribution in [0.3, 0.4) is 0 Å². The molecule has 0 N–H and O–H groups in total. The summed E-state index contributed by atoms with van der Waals surface area (Å²) in [4.78, 5) is 14.8. The van der Waals surface area contributed by atoms with Crippen LogP contribution in [0.4, 0.5) is 0 Å². The summed E-state index contributed by atoms with van der Waals surface area (Å²) in [6.45, 7) is 0.587. The highest BCUT2D eigenvalue weighted by molar-refractivity contribution is 9.11. The smallest absolute Gasteiger partial charge is 0.254 e. The Kier molecular flexibility index (Phi) is 4.25. The lowest BCUT2D eigenvalue weighted by Crippen LogP contribution is -2.25. The molecule has 1 amide bonds. The van der Waals surface area contributed by atoms with Gasteiger partial charge in [0.1, 0.15) is 0 Å². The van der Waals surface area contributed by atoms with E-state index in [9.17, 15) is 4.79 Å². The van der Waals surface area contributed by atoms with Gasteiger partial charge in [0.2, 0.25) is 0 Å². The van der Waals surface area contributed by atoms with Crippen molar-refractivity contribution in [3.05, 3.63) is 42.1 Å². The van der Waals surface area contributed by atoms with Gasteiger partial charge in [-0.05, 0) is 34.1 Å². The highest BCUT2D eigenvalue weighted by atomic mass is 79.9. The fraction of sp³-hybridized carbons (Fsp3) is 0.182. The molecule has 0 spiro atoms. The summed E-state index contributed by atoms with van der Waals surface area (Å²) in [6.07, 6.45) is 0. The third kappa shape index (κ3) is 3.31. The summed E-state index contributed by atoms with van der Waals surface area (Å²) in [5.41, 5.74) is 0.715. The zero-order valence-electron chi connectivity index (χ0n) is 8.94. The fourth-order valence-electron chi connectivity index (χ4n) is 1.38. The van der Waals surface area contributed by atoms with Crippen molar-refractivity contribution in [2.45, 2.75) is 6.54 Å². The van der Waals surface area contributed by atoms with Crippen molar-refractivity contribution in [1.82, 2.24) is 4.90 Å². The number of halogens is 2. The van der Waals surface area contributed by atoms with E-state index < -0.39 is 0 Å². The van der Waals surface area contributed by atoms with Crippen molar-refractivity contribution in [3.63, 3.8) is 0 Å². The summed E-state index contributed by atoms with van der Waals surface area (Å²) in [5.74, 6) is 0.0245. The van der Waals surface area contributed by atoms with Crippen LogP contribution in [0.2, 0.25) is 4.34 Å². The minimum atomic E-state index is 0.0245. The number of amides is 1. The predicted octanol–water partition coefficient (Wildman–Crippen LogP) is 4.50. The molecule has 0 atom stereocenters. The van der Waals surface area contributed by atoms with E-state index in [0.717, 1.165) is 13.0 Å². The van der Waals surface area contributed by atoms with Gasteiger partial charge >= 0.3 is 0 Å². The largest absolute Gasteiger partial charge is 0.337 e. The summed E-state index contributed by atoms with van der Waals surface area (Å²) in [6, 6.07) is 5.63. The van der Waals surface area contributed by atoms with Crippen molar-refractivity contribution in [1.29, 1.82) is 0 Å². The van der Waals surface area contributed by atoms with Crippen molar-refractivity contribution in [2.24, 2.45) is 0 Å². The minimum absolute atomic E-state index is 0.0245. The Hall–Kier alpha value is -0.360. The van der Waals surface area contributed by atoms with E-state index in [1.165, 1.54) is 22.7 Å². The maximum absolute atomic E-state index is 12.1. The van der Waals surface area contributed by atoms with Gasteiger partial charge in [-0.2, -0.15) is 0 Å². The van der Waals surface area contributed by atoms with Crippen LogP contribution >= 0.6 is 50.2 Å². The monoisotopic (exact) mass is 349 g/mol. The van der Waals surface area contributed by atoms with Crippen LogP contribution < -0.4 is 0 Å². The number of hydrogen-bond acceptors (Lipinski definition) is 3. The van der Waals surface area contributed by atoms with E-state index in [0.29, 0.717) is 12.1 Å². The molecule has 0 aliphatic carbocycles. The first-order chi connectivity index (χ1) is 8.06. The minimum Gasteiger partial charge on any atom is -0.337 e. The number of rotatable bonds is 3. The Morgan fingerprint density at radius 1 is 1.53 bits per heavy atom. The number of carbonyl (C=O) groups excluding carboxylic acids is 1. The summed E-state index contributed by atoms with van der Waals surface area (Å²) in [5, 5.41) is 1.85. The lowest BCUT2D eigenvalue weighted by atomic mass is 10.3. The van der Waals surface area contributed by atoms with Crippen LogP contribution in [-0.4, -0.2) is 17.9 Å². The first-order valence-electron chi connectivity index (χ1n) is 4.80. The van der Waals surface area contributed by atoms with Gasteiger partial charge in [-0.25, -0.2) is 0 Å². The number of hydrogen-bond donors (Lipinski definition) is 0. The Labute approximate surface area is 121 Å². The summed E-state index contributed by atoms with van der Waals surface area (Å²) in [7, 11) is 1.79. The molecule has 2 aromatic heterocycles. The van der Waals surface area contributed by atoms with Crippen molar-refractivity contribution < 1.29 is 4.79 Å². The van der Waals surface area contributed by atoms with Gasteiger partial charge in [0, 0.05) is 17.3 Å². The van der Waals surface area contributed by atoms with Gasteiger partial charge < -0.3 is 4.90 Å². The molecule has 0 aliphatic heterocycles. The average Bonchev–Trinajstić information content (AvgIpc) is 2.87. The summed E-state index contributed by atoms with van der Waals surface area (Å²) >= 11 is 12.2. The molecule has 2 rings (SSSR count). The molecule has 0 radical (unpaired) electrons. The quantitative estimate of drug-likeness (QED) is 0.798. The van der Waals surface area contributed by atoms with Gasteiger partial charge in [-0.15, -0.1) is 22.7 Å². The number of thiophene rings is 2. The number of carbonyl (C=O) groups is 1. The highest BCUT2D eigenvalue weighted by Crippen LogP contribution is 2.24. The zero-order chi connectivity index (χ0) is 12.4. The molecule has 0 saturated carbocycles. The molecule has 17 heavy (non-hydrogen) atoms.